The molecular weight excluding hydrogens is 272 g/mol. The van der Waals surface area contributed by atoms with Crippen molar-refractivity contribution in [3.05, 3.63) is 29.8 Å². The van der Waals surface area contributed by atoms with E-state index < -0.39 is 12.0 Å². The van der Waals surface area contributed by atoms with E-state index in [1.165, 1.54) is 4.90 Å². The summed E-state index contributed by atoms with van der Waals surface area (Å²) >= 11 is 0. The molecule has 0 aromatic heterocycles. The highest BCUT2D eigenvalue weighted by Gasteiger charge is 2.31. The number of rotatable bonds is 4. The van der Waals surface area contributed by atoms with Crippen molar-refractivity contribution < 1.29 is 19.4 Å². The summed E-state index contributed by atoms with van der Waals surface area (Å²) in [5.74, 6) is -0.242. The number of hydrogen-bond donors (Lipinski definition) is 2. The van der Waals surface area contributed by atoms with Crippen LogP contribution in [0.15, 0.2) is 24.3 Å². The molecule has 1 heterocycles. The third-order valence-corrected chi connectivity index (χ3v) is 3.67. The molecule has 1 saturated heterocycles. The van der Waals surface area contributed by atoms with Crippen LogP contribution in [0.1, 0.15) is 24.8 Å². The van der Waals surface area contributed by atoms with Crippen LogP contribution in [-0.4, -0.2) is 41.7 Å². The van der Waals surface area contributed by atoms with E-state index in [1.54, 1.807) is 7.11 Å². The summed E-state index contributed by atoms with van der Waals surface area (Å²) in [7, 11) is 1.58. The van der Waals surface area contributed by atoms with Crippen molar-refractivity contribution in [3.8, 4) is 5.75 Å². The summed E-state index contributed by atoms with van der Waals surface area (Å²) in [6, 6.07) is 6.34. The number of carbonyl (C=O) groups is 2. The normalized spacial score (nSPS) is 18.1. The predicted molar refractivity (Wildman–Crippen MR) is 77.2 cm³/mol. The first-order chi connectivity index (χ1) is 10.1. The van der Waals surface area contributed by atoms with Crippen LogP contribution in [0, 0.1) is 0 Å². The number of nitrogens with zero attached hydrogens (tertiary/aromatic N) is 1. The third-order valence-electron chi connectivity index (χ3n) is 3.67. The summed E-state index contributed by atoms with van der Waals surface area (Å²) in [6.07, 6.45) is 2.19. The van der Waals surface area contributed by atoms with Gasteiger partial charge in [0.05, 0.1) is 7.11 Å². The molecule has 2 rings (SSSR count). The van der Waals surface area contributed by atoms with Gasteiger partial charge < -0.3 is 20.1 Å². The summed E-state index contributed by atoms with van der Waals surface area (Å²) in [6.45, 7) is 0.792. The number of likely N-dealkylation sites (tertiary alicyclic amines) is 1. The van der Waals surface area contributed by atoms with E-state index >= 15 is 0 Å². The van der Waals surface area contributed by atoms with Crippen molar-refractivity contribution in [3.63, 3.8) is 0 Å². The van der Waals surface area contributed by atoms with Gasteiger partial charge in [-0.25, -0.2) is 9.59 Å². The molecule has 114 valence electrons. The fourth-order valence-electron chi connectivity index (χ4n) is 2.55. The number of carboxylic acid groups (broad SMARTS) is 1. The molecule has 1 atom stereocenters. The number of methoxy groups -OCH3 is 1. The number of ether oxygens (including phenoxy) is 1. The monoisotopic (exact) mass is 292 g/mol. The Labute approximate surface area is 123 Å². The van der Waals surface area contributed by atoms with E-state index in [0.29, 0.717) is 25.3 Å². The van der Waals surface area contributed by atoms with Crippen molar-refractivity contribution in [1.29, 1.82) is 0 Å². The molecule has 2 amide bonds. The van der Waals surface area contributed by atoms with Crippen LogP contribution in [0.5, 0.6) is 5.75 Å². The van der Waals surface area contributed by atoms with Crippen LogP contribution in [0.4, 0.5) is 4.79 Å². The minimum atomic E-state index is -0.942. The first-order valence-corrected chi connectivity index (χ1v) is 7.02. The van der Waals surface area contributed by atoms with E-state index in [2.05, 4.69) is 5.32 Å². The molecule has 6 nitrogen and oxygen atoms in total. The molecule has 1 aromatic carbocycles. The Balaban J connectivity index is 1.99. The van der Waals surface area contributed by atoms with Gasteiger partial charge in [-0.3, -0.25) is 0 Å². The minimum Gasteiger partial charge on any atom is -0.496 e. The van der Waals surface area contributed by atoms with E-state index in [1.807, 2.05) is 24.3 Å². The van der Waals surface area contributed by atoms with E-state index in [4.69, 9.17) is 4.74 Å². The zero-order valence-corrected chi connectivity index (χ0v) is 12.0. The molecule has 1 unspecified atom stereocenters. The van der Waals surface area contributed by atoms with Gasteiger partial charge in [-0.05, 0) is 25.3 Å². The fourth-order valence-corrected chi connectivity index (χ4v) is 2.55. The van der Waals surface area contributed by atoms with Crippen molar-refractivity contribution in [2.75, 3.05) is 13.7 Å². The van der Waals surface area contributed by atoms with E-state index in [9.17, 15) is 14.7 Å². The average Bonchev–Trinajstić information content (AvgIpc) is 2.52. The first kappa shape index (κ1) is 15.2. The van der Waals surface area contributed by atoms with Gasteiger partial charge in [0, 0.05) is 18.7 Å². The van der Waals surface area contributed by atoms with Crippen LogP contribution >= 0.6 is 0 Å². The highest BCUT2D eigenvalue weighted by atomic mass is 16.5. The standard InChI is InChI=1S/C15H20N2O4/c1-21-13-8-3-2-6-11(13)10-16-15(20)17-9-5-4-7-12(17)14(18)19/h2-3,6,8,12H,4-5,7,9-10H2,1H3,(H,16,20)(H,18,19). The fraction of sp³-hybridized carbons (Fsp3) is 0.467. The Kier molecular flexibility index (Phi) is 5.03. The van der Waals surface area contributed by atoms with Crippen molar-refractivity contribution >= 4 is 12.0 Å². The number of para-hydroxylation sites is 1. The van der Waals surface area contributed by atoms with Gasteiger partial charge in [-0.15, -0.1) is 0 Å². The van der Waals surface area contributed by atoms with Crippen molar-refractivity contribution in [1.82, 2.24) is 10.2 Å². The first-order valence-electron chi connectivity index (χ1n) is 7.02. The second-order valence-electron chi connectivity index (χ2n) is 5.01. The number of urea groups is 1. The second kappa shape index (κ2) is 6.97. The van der Waals surface area contributed by atoms with E-state index in [0.717, 1.165) is 18.4 Å². The quantitative estimate of drug-likeness (QED) is 0.887. The van der Waals surface area contributed by atoms with Gasteiger partial charge in [-0.2, -0.15) is 0 Å². The zero-order valence-electron chi connectivity index (χ0n) is 12.0. The molecule has 6 heteroatoms. The second-order valence-corrected chi connectivity index (χ2v) is 5.01. The van der Waals surface area contributed by atoms with Crippen LogP contribution in [0.25, 0.3) is 0 Å². The van der Waals surface area contributed by atoms with Crippen LogP contribution in [-0.2, 0) is 11.3 Å². The minimum absolute atomic E-state index is 0.311. The number of carboxylic acids is 1. The summed E-state index contributed by atoms with van der Waals surface area (Å²) in [5, 5.41) is 12.0. The number of benzene rings is 1. The number of nitrogens with one attached hydrogen (secondary N) is 1. The Bertz CT molecular complexity index is 518. The Hall–Kier alpha value is -2.24. The van der Waals surface area contributed by atoms with Crippen LogP contribution in [0.2, 0.25) is 0 Å². The predicted octanol–water partition coefficient (Wildman–Crippen LogP) is 1.84. The van der Waals surface area contributed by atoms with Gasteiger partial charge in [-0.1, -0.05) is 18.2 Å². The number of aliphatic carboxylic acids is 1. The molecule has 0 saturated carbocycles. The largest absolute Gasteiger partial charge is 0.496 e. The maximum absolute atomic E-state index is 12.2. The number of amides is 2. The molecule has 2 N–H and O–H groups in total. The SMILES string of the molecule is COc1ccccc1CNC(=O)N1CCCCC1C(=O)O. The van der Waals surface area contributed by atoms with Gasteiger partial charge in [0.25, 0.3) is 0 Å². The molecule has 1 aromatic rings. The Morgan fingerprint density at radius 2 is 2.14 bits per heavy atom. The molecule has 21 heavy (non-hydrogen) atoms. The molecule has 0 spiro atoms. The van der Waals surface area contributed by atoms with Gasteiger partial charge in [0.1, 0.15) is 11.8 Å². The summed E-state index contributed by atoms with van der Waals surface area (Å²) in [5.41, 5.74) is 0.859. The Morgan fingerprint density at radius 1 is 1.38 bits per heavy atom. The summed E-state index contributed by atoms with van der Waals surface area (Å²) in [4.78, 5) is 24.8. The highest BCUT2D eigenvalue weighted by Crippen LogP contribution is 2.19. The van der Waals surface area contributed by atoms with Crippen molar-refractivity contribution in [2.24, 2.45) is 0 Å². The topological polar surface area (TPSA) is 78.9 Å². The van der Waals surface area contributed by atoms with E-state index in [-0.39, 0.29) is 6.03 Å². The van der Waals surface area contributed by atoms with Crippen LogP contribution in [0.3, 0.4) is 0 Å². The molecule has 1 aliphatic heterocycles. The lowest BCUT2D eigenvalue weighted by Gasteiger charge is -2.32. The molecule has 1 fully saturated rings. The number of carbonyl (C=O) groups excluding carboxylic acids is 1. The van der Waals surface area contributed by atoms with Gasteiger partial charge in [0.15, 0.2) is 0 Å². The molecule has 1 aliphatic rings. The molecule has 0 aliphatic carbocycles. The molecular formula is C15H20N2O4. The number of piperidine rings is 1. The van der Waals surface area contributed by atoms with Crippen LogP contribution < -0.4 is 10.1 Å². The highest BCUT2D eigenvalue weighted by molar-refractivity contribution is 5.82. The zero-order chi connectivity index (χ0) is 15.2. The summed E-state index contributed by atoms with van der Waals surface area (Å²) < 4.78 is 5.22. The smallest absolute Gasteiger partial charge is 0.326 e. The van der Waals surface area contributed by atoms with Gasteiger partial charge >= 0.3 is 12.0 Å². The average molecular weight is 292 g/mol. The molecule has 0 radical (unpaired) electrons. The third kappa shape index (κ3) is 3.65. The Morgan fingerprint density at radius 3 is 2.86 bits per heavy atom. The number of hydrogen-bond acceptors (Lipinski definition) is 3. The maximum atomic E-state index is 12.2. The molecule has 0 bridgehead atoms. The lowest BCUT2D eigenvalue weighted by molar-refractivity contribution is -0.143. The maximum Gasteiger partial charge on any atom is 0.326 e. The van der Waals surface area contributed by atoms with Gasteiger partial charge in [0.2, 0.25) is 0 Å². The lowest BCUT2D eigenvalue weighted by Crippen LogP contribution is -2.51. The van der Waals surface area contributed by atoms with Crippen molar-refractivity contribution in [2.45, 2.75) is 31.8 Å². The lowest BCUT2D eigenvalue weighted by atomic mass is 10.0.